The Balaban J connectivity index is 1.18. The highest BCUT2D eigenvalue weighted by Crippen LogP contribution is 2.29. The number of thiazole rings is 1. The number of amides is 1. The van der Waals surface area contributed by atoms with Crippen LogP contribution in [0.3, 0.4) is 0 Å². The molecule has 4 aromatic rings. The van der Waals surface area contributed by atoms with Crippen molar-refractivity contribution >= 4 is 32.6 Å². The van der Waals surface area contributed by atoms with Crippen LogP contribution >= 0.6 is 11.3 Å². The predicted octanol–water partition coefficient (Wildman–Crippen LogP) is 3.64. The van der Waals surface area contributed by atoms with Gasteiger partial charge in [0.25, 0.3) is 5.91 Å². The fourth-order valence-electron chi connectivity index (χ4n) is 3.67. The van der Waals surface area contributed by atoms with Crippen LogP contribution < -0.4 is 10.1 Å². The highest BCUT2D eigenvalue weighted by molar-refractivity contribution is 7.22. The third kappa shape index (κ3) is 5.58. The molecular formula is C24H24FN5O3S. The second kappa shape index (κ2) is 10.3. The maximum atomic E-state index is 13.1. The fourth-order valence-corrected chi connectivity index (χ4v) is 4.56. The van der Waals surface area contributed by atoms with Crippen molar-refractivity contribution in [1.29, 1.82) is 0 Å². The van der Waals surface area contributed by atoms with Gasteiger partial charge in [0.15, 0.2) is 10.8 Å². The smallest absolute Gasteiger partial charge is 0.277 e. The summed E-state index contributed by atoms with van der Waals surface area (Å²) in [5, 5.41) is 7.64. The van der Waals surface area contributed by atoms with Gasteiger partial charge in [-0.1, -0.05) is 23.5 Å². The number of aromatic nitrogens is 3. The van der Waals surface area contributed by atoms with Crippen molar-refractivity contribution in [3.8, 4) is 5.75 Å². The molecule has 0 saturated carbocycles. The van der Waals surface area contributed by atoms with Crippen LogP contribution in [-0.2, 0) is 11.3 Å². The minimum Gasteiger partial charge on any atom is -0.492 e. The van der Waals surface area contributed by atoms with Gasteiger partial charge >= 0.3 is 0 Å². The van der Waals surface area contributed by atoms with Gasteiger partial charge in [-0.05, 0) is 42.0 Å². The standard InChI is InChI=1S/C24H24FN5O3S/c25-18-3-1-17(2-4-18)16-30-8-7-21(28-30)23(31)27-24-26-20-6-5-19(15-22(20)34-24)33-14-11-29-9-12-32-13-10-29/h1-8,15H,9-14,16H2,(H,26,27,31). The summed E-state index contributed by atoms with van der Waals surface area (Å²) in [6.45, 7) is 5.33. The second-order valence-electron chi connectivity index (χ2n) is 7.93. The Morgan fingerprint density at radius 2 is 1.97 bits per heavy atom. The Bertz CT molecular complexity index is 1270. The van der Waals surface area contributed by atoms with Gasteiger partial charge in [-0.2, -0.15) is 5.10 Å². The number of nitrogens with zero attached hydrogens (tertiary/aromatic N) is 4. The highest BCUT2D eigenvalue weighted by Gasteiger charge is 2.14. The maximum absolute atomic E-state index is 13.1. The summed E-state index contributed by atoms with van der Waals surface area (Å²) >= 11 is 1.39. The molecule has 1 amide bonds. The van der Waals surface area contributed by atoms with E-state index in [0.717, 1.165) is 54.4 Å². The van der Waals surface area contributed by atoms with E-state index < -0.39 is 0 Å². The van der Waals surface area contributed by atoms with Crippen LogP contribution in [0.15, 0.2) is 54.7 Å². The van der Waals surface area contributed by atoms with Crippen molar-refractivity contribution in [2.45, 2.75) is 6.54 Å². The van der Waals surface area contributed by atoms with Gasteiger partial charge in [0.05, 0.1) is 30.0 Å². The molecule has 176 valence electrons. The van der Waals surface area contributed by atoms with Gasteiger partial charge in [0.1, 0.15) is 18.2 Å². The average molecular weight is 482 g/mol. The molecule has 0 radical (unpaired) electrons. The molecule has 0 spiro atoms. The van der Waals surface area contributed by atoms with Gasteiger partial charge in [-0.3, -0.25) is 19.7 Å². The first-order valence-electron chi connectivity index (χ1n) is 11.1. The SMILES string of the molecule is O=C(Nc1nc2ccc(OCCN3CCOCC3)cc2s1)c1ccn(Cc2ccc(F)cc2)n1. The van der Waals surface area contributed by atoms with Gasteiger partial charge in [-0.25, -0.2) is 9.37 Å². The van der Waals surface area contributed by atoms with Crippen LogP contribution in [0.25, 0.3) is 10.2 Å². The van der Waals surface area contributed by atoms with Gasteiger partial charge in [0, 0.05) is 25.8 Å². The maximum Gasteiger partial charge on any atom is 0.277 e. The molecule has 0 bridgehead atoms. The number of anilines is 1. The van der Waals surface area contributed by atoms with E-state index in [0.29, 0.717) is 18.3 Å². The molecule has 1 fully saturated rings. The van der Waals surface area contributed by atoms with Crippen LogP contribution in [0.5, 0.6) is 5.75 Å². The summed E-state index contributed by atoms with van der Waals surface area (Å²) in [5.41, 5.74) is 1.97. The number of hydrogen-bond acceptors (Lipinski definition) is 7. The van der Waals surface area contributed by atoms with Crippen LogP contribution in [0.2, 0.25) is 0 Å². The van der Waals surface area contributed by atoms with E-state index in [-0.39, 0.29) is 17.4 Å². The minimum atomic E-state index is -0.334. The number of carbonyl (C=O) groups is 1. The zero-order valence-electron chi connectivity index (χ0n) is 18.4. The first-order valence-corrected chi connectivity index (χ1v) is 11.9. The molecule has 1 aliphatic heterocycles. The topological polar surface area (TPSA) is 81.5 Å². The van der Waals surface area contributed by atoms with Crippen LogP contribution in [0, 0.1) is 5.82 Å². The van der Waals surface area contributed by atoms with Crippen molar-refractivity contribution in [3.05, 3.63) is 71.8 Å². The van der Waals surface area contributed by atoms with Gasteiger partial charge in [-0.15, -0.1) is 0 Å². The second-order valence-corrected chi connectivity index (χ2v) is 8.96. The zero-order chi connectivity index (χ0) is 23.3. The van der Waals surface area contributed by atoms with E-state index in [1.807, 2.05) is 18.2 Å². The Morgan fingerprint density at radius 1 is 1.15 bits per heavy atom. The van der Waals surface area contributed by atoms with Crippen molar-refractivity contribution in [1.82, 2.24) is 19.7 Å². The number of rotatable bonds is 8. The van der Waals surface area contributed by atoms with E-state index in [1.165, 1.54) is 23.5 Å². The van der Waals surface area contributed by atoms with Crippen LogP contribution in [0.4, 0.5) is 9.52 Å². The Morgan fingerprint density at radius 3 is 2.79 bits per heavy atom. The first kappa shape index (κ1) is 22.5. The number of benzene rings is 2. The summed E-state index contributed by atoms with van der Waals surface area (Å²) in [6.07, 6.45) is 1.72. The lowest BCUT2D eigenvalue weighted by Crippen LogP contribution is -2.38. The molecule has 34 heavy (non-hydrogen) atoms. The Kier molecular flexibility index (Phi) is 6.79. The quantitative estimate of drug-likeness (QED) is 0.414. The van der Waals surface area contributed by atoms with Crippen LogP contribution in [0.1, 0.15) is 16.1 Å². The molecule has 1 N–H and O–H groups in total. The first-order chi connectivity index (χ1) is 16.6. The van der Waals surface area contributed by atoms with Crippen LogP contribution in [-0.4, -0.2) is 65.0 Å². The highest BCUT2D eigenvalue weighted by atomic mass is 32.1. The molecule has 0 atom stereocenters. The van der Waals surface area contributed by atoms with Crippen molar-refractivity contribution in [2.75, 3.05) is 44.8 Å². The van der Waals surface area contributed by atoms with Gasteiger partial charge < -0.3 is 9.47 Å². The summed E-state index contributed by atoms with van der Waals surface area (Å²) in [6, 6.07) is 13.6. The number of morpholine rings is 1. The van der Waals surface area contributed by atoms with E-state index in [9.17, 15) is 9.18 Å². The average Bonchev–Trinajstić information content (AvgIpc) is 3.47. The van der Waals surface area contributed by atoms with E-state index in [2.05, 4.69) is 20.3 Å². The monoisotopic (exact) mass is 481 g/mol. The molecule has 0 aliphatic carbocycles. The predicted molar refractivity (Wildman–Crippen MR) is 128 cm³/mol. The van der Waals surface area contributed by atoms with Crippen molar-refractivity contribution < 1.29 is 18.7 Å². The molecule has 2 aromatic heterocycles. The molecular weight excluding hydrogens is 457 g/mol. The lowest BCUT2D eigenvalue weighted by molar-refractivity contribution is 0.0322. The largest absolute Gasteiger partial charge is 0.492 e. The lowest BCUT2D eigenvalue weighted by Gasteiger charge is -2.26. The van der Waals surface area contributed by atoms with E-state index >= 15 is 0 Å². The van der Waals surface area contributed by atoms with Crippen molar-refractivity contribution in [3.63, 3.8) is 0 Å². The lowest BCUT2D eigenvalue weighted by atomic mass is 10.2. The summed E-state index contributed by atoms with van der Waals surface area (Å²) in [4.78, 5) is 19.5. The van der Waals surface area contributed by atoms with E-state index in [1.54, 1.807) is 29.1 Å². The third-order valence-electron chi connectivity index (χ3n) is 5.49. The fraction of sp³-hybridized carbons (Fsp3) is 0.292. The molecule has 8 nitrogen and oxygen atoms in total. The van der Waals surface area contributed by atoms with Gasteiger partial charge in [0.2, 0.25) is 0 Å². The third-order valence-corrected chi connectivity index (χ3v) is 6.43. The molecule has 5 rings (SSSR count). The Hall–Kier alpha value is -3.34. The molecule has 10 heteroatoms. The molecule has 2 aromatic carbocycles. The molecule has 1 aliphatic rings. The number of halogens is 1. The summed E-state index contributed by atoms with van der Waals surface area (Å²) in [7, 11) is 0. The number of carbonyl (C=O) groups excluding carboxylic acids is 1. The number of fused-ring (bicyclic) bond motifs is 1. The zero-order valence-corrected chi connectivity index (χ0v) is 19.3. The Labute approximate surface area is 199 Å². The molecule has 0 unspecified atom stereocenters. The number of ether oxygens (including phenoxy) is 2. The van der Waals surface area contributed by atoms with Crippen molar-refractivity contribution in [2.24, 2.45) is 0 Å². The number of hydrogen-bond donors (Lipinski definition) is 1. The minimum absolute atomic E-state index is 0.285. The molecule has 1 saturated heterocycles. The number of nitrogens with one attached hydrogen (secondary N) is 1. The summed E-state index contributed by atoms with van der Waals surface area (Å²) < 4.78 is 26.9. The van der Waals surface area contributed by atoms with E-state index in [4.69, 9.17) is 9.47 Å². The summed E-state index contributed by atoms with van der Waals surface area (Å²) in [5.74, 6) is 0.160. The molecule has 3 heterocycles. The normalized spacial score (nSPS) is 14.4.